The average Bonchev–Trinajstić information content (AvgIpc) is 2.90. The van der Waals surface area contributed by atoms with Crippen LogP contribution < -0.4 is 10.6 Å². The first-order valence-corrected chi connectivity index (χ1v) is 7.78. The molecule has 0 fully saturated rings. The number of carbonyl (C=O) groups excluding carboxylic acids is 1. The Morgan fingerprint density at radius 1 is 1.57 bits per heavy atom. The van der Waals surface area contributed by atoms with Crippen molar-refractivity contribution in [3.05, 3.63) is 24.3 Å². The molecule has 1 aromatic heterocycles. The van der Waals surface area contributed by atoms with E-state index in [-0.39, 0.29) is 18.5 Å². The molecule has 1 aliphatic heterocycles. The summed E-state index contributed by atoms with van der Waals surface area (Å²) in [6.45, 7) is 7.14. The van der Waals surface area contributed by atoms with E-state index in [1.54, 1.807) is 20.2 Å². The summed E-state index contributed by atoms with van der Waals surface area (Å²) in [7, 11) is 3.43. The molecular formula is C15H25N7O. The Morgan fingerprint density at radius 2 is 2.35 bits per heavy atom. The van der Waals surface area contributed by atoms with Crippen LogP contribution in [0.25, 0.3) is 0 Å². The molecule has 23 heavy (non-hydrogen) atoms. The quantitative estimate of drug-likeness (QED) is 0.461. The monoisotopic (exact) mass is 319 g/mol. The molecule has 0 bridgehead atoms. The lowest BCUT2D eigenvalue weighted by Gasteiger charge is -2.25. The van der Waals surface area contributed by atoms with Crippen LogP contribution >= 0.6 is 0 Å². The third-order valence-corrected chi connectivity index (χ3v) is 3.58. The van der Waals surface area contributed by atoms with Gasteiger partial charge in [-0.25, -0.2) is 14.7 Å². The van der Waals surface area contributed by atoms with E-state index in [4.69, 9.17) is 0 Å². The number of nitrogens with zero attached hydrogens (tertiary/aromatic N) is 5. The highest BCUT2D eigenvalue weighted by molar-refractivity contribution is 5.85. The first-order chi connectivity index (χ1) is 11.0. The first-order valence-electron chi connectivity index (χ1n) is 7.78. The predicted molar refractivity (Wildman–Crippen MR) is 89.1 cm³/mol. The number of fused-ring (bicyclic) bond motifs is 1. The van der Waals surface area contributed by atoms with Gasteiger partial charge in [0.2, 0.25) is 5.91 Å². The van der Waals surface area contributed by atoms with E-state index in [2.05, 4.69) is 32.3 Å². The number of aromatic nitrogens is 3. The van der Waals surface area contributed by atoms with Gasteiger partial charge in [-0.1, -0.05) is 6.08 Å². The minimum absolute atomic E-state index is 0.0375. The van der Waals surface area contributed by atoms with Crippen molar-refractivity contribution < 1.29 is 4.79 Å². The van der Waals surface area contributed by atoms with Gasteiger partial charge in [0.15, 0.2) is 5.96 Å². The standard InChI is InChI=1S/C15H25N7O/c1-5-8-16-15(17-10-13(23)21(3)4)19-12-7-6-9-22-14(12)18-11(2)20-22/h5,12H,1,6-10H2,2-4H3,(H2,16,17,19). The lowest BCUT2D eigenvalue weighted by atomic mass is 10.1. The number of aryl methyl sites for hydroxylation is 2. The lowest BCUT2D eigenvalue weighted by molar-refractivity contribution is -0.127. The lowest BCUT2D eigenvalue weighted by Crippen LogP contribution is -2.42. The number of carbonyl (C=O) groups is 1. The molecule has 0 spiro atoms. The fourth-order valence-corrected chi connectivity index (χ4v) is 2.38. The fraction of sp³-hybridized carbons (Fsp3) is 0.600. The molecule has 2 N–H and O–H groups in total. The summed E-state index contributed by atoms with van der Waals surface area (Å²) in [5, 5.41) is 10.9. The summed E-state index contributed by atoms with van der Waals surface area (Å²) in [6.07, 6.45) is 3.73. The molecule has 2 heterocycles. The third kappa shape index (κ3) is 4.54. The van der Waals surface area contributed by atoms with Gasteiger partial charge in [0.25, 0.3) is 0 Å². The Hall–Kier alpha value is -2.38. The number of rotatable bonds is 5. The Bertz CT molecular complexity index is 591. The van der Waals surface area contributed by atoms with Crippen molar-refractivity contribution in [1.82, 2.24) is 30.3 Å². The molecule has 0 aliphatic carbocycles. The summed E-state index contributed by atoms with van der Waals surface area (Å²) in [5.41, 5.74) is 0. The maximum absolute atomic E-state index is 11.7. The highest BCUT2D eigenvalue weighted by atomic mass is 16.2. The van der Waals surface area contributed by atoms with Crippen molar-refractivity contribution in [2.24, 2.45) is 4.99 Å². The van der Waals surface area contributed by atoms with Gasteiger partial charge in [-0.2, -0.15) is 5.10 Å². The molecule has 0 aromatic carbocycles. The normalized spacial score (nSPS) is 17.3. The summed E-state index contributed by atoms with van der Waals surface area (Å²) < 4.78 is 1.94. The van der Waals surface area contributed by atoms with Gasteiger partial charge in [-0.15, -0.1) is 6.58 Å². The van der Waals surface area contributed by atoms with Crippen molar-refractivity contribution in [2.75, 3.05) is 27.2 Å². The molecule has 0 saturated carbocycles. The Morgan fingerprint density at radius 3 is 3.04 bits per heavy atom. The Kier molecular flexibility index (Phi) is 5.72. The molecule has 126 valence electrons. The molecule has 1 amide bonds. The van der Waals surface area contributed by atoms with Crippen molar-refractivity contribution in [3.63, 3.8) is 0 Å². The maximum Gasteiger partial charge on any atom is 0.243 e. The van der Waals surface area contributed by atoms with Crippen molar-refractivity contribution >= 4 is 11.9 Å². The minimum atomic E-state index is -0.0487. The number of guanidine groups is 1. The van der Waals surface area contributed by atoms with Gasteiger partial charge in [-0.05, 0) is 19.8 Å². The third-order valence-electron chi connectivity index (χ3n) is 3.58. The van der Waals surface area contributed by atoms with Crippen molar-refractivity contribution in [1.29, 1.82) is 0 Å². The Labute approximate surface area is 136 Å². The summed E-state index contributed by atoms with van der Waals surface area (Å²) >= 11 is 0. The second-order valence-electron chi connectivity index (χ2n) is 5.70. The smallest absolute Gasteiger partial charge is 0.243 e. The van der Waals surface area contributed by atoms with Crippen LogP contribution in [0.3, 0.4) is 0 Å². The SMILES string of the molecule is C=CCNC(=NCC(=O)N(C)C)NC1CCCn2nc(C)nc21. The highest BCUT2D eigenvalue weighted by Crippen LogP contribution is 2.22. The summed E-state index contributed by atoms with van der Waals surface area (Å²) in [4.78, 5) is 22.1. The van der Waals surface area contributed by atoms with Crippen LogP contribution in [0.5, 0.6) is 0 Å². The average molecular weight is 319 g/mol. The maximum atomic E-state index is 11.7. The van der Waals surface area contributed by atoms with Crippen LogP contribution in [-0.2, 0) is 11.3 Å². The van der Waals surface area contributed by atoms with Crippen LogP contribution in [0, 0.1) is 6.92 Å². The molecular weight excluding hydrogens is 294 g/mol. The van der Waals surface area contributed by atoms with E-state index in [0.29, 0.717) is 12.5 Å². The summed E-state index contributed by atoms with van der Waals surface area (Å²) in [6, 6.07) is 0.0375. The summed E-state index contributed by atoms with van der Waals surface area (Å²) in [5.74, 6) is 2.22. The number of hydrogen-bond donors (Lipinski definition) is 2. The van der Waals surface area contributed by atoms with Gasteiger partial charge in [0, 0.05) is 27.2 Å². The fourth-order valence-electron chi connectivity index (χ4n) is 2.38. The zero-order chi connectivity index (χ0) is 16.8. The van der Waals surface area contributed by atoms with Gasteiger partial charge in [0.05, 0.1) is 6.04 Å². The molecule has 0 radical (unpaired) electrons. The highest BCUT2D eigenvalue weighted by Gasteiger charge is 2.24. The second kappa shape index (κ2) is 7.75. The number of amides is 1. The first kappa shape index (κ1) is 17.0. The molecule has 1 aliphatic rings. The minimum Gasteiger partial charge on any atom is -0.353 e. The van der Waals surface area contributed by atoms with E-state index in [1.165, 1.54) is 4.90 Å². The number of likely N-dealkylation sites (N-methyl/N-ethyl adjacent to an activating group) is 1. The number of hydrogen-bond acceptors (Lipinski definition) is 4. The number of nitrogens with one attached hydrogen (secondary N) is 2. The van der Waals surface area contributed by atoms with Crippen LogP contribution in [-0.4, -0.2) is 58.7 Å². The molecule has 1 aromatic rings. The topological polar surface area (TPSA) is 87.4 Å². The van der Waals surface area contributed by atoms with Gasteiger partial charge in [0.1, 0.15) is 18.2 Å². The number of aliphatic imine (C=N–C) groups is 1. The van der Waals surface area contributed by atoms with Crippen LogP contribution in [0.2, 0.25) is 0 Å². The molecule has 8 heteroatoms. The van der Waals surface area contributed by atoms with E-state index in [0.717, 1.165) is 31.0 Å². The zero-order valence-electron chi connectivity index (χ0n) is 14.0. The van der Waals surface area contributed by atoms with Gasteiger partial charge < -0.3 is 15.5 Å². The second-order valence-corrected chi connectivity index (χ2v) is 5.70. The molecule has 0 saturated heterocycles. The van der Waals surface area contributed by atoms with E-state index in [1.807, 2.05) is 11.6 Å². The molecule has 1 atom stereocenters. The van der Waals surface area contributed by atoms with Crippen LogP contribution in [0.15, 0.2) is 17.6 Å². The van der Waals surface area contributed by atoms with Crippen LogP contribution in [0.1, 0.15) is 30.5 Å². The van der Waals surface area contributed by atoms with E-state index in [9.17, 15) is 4.79 Å². The molecule has 8 nitrogen and oxygen atoms in total. The van der Waals surface area contributed by atoms with Crippen LogP contribution in [0.4, 0.5) is 0 Å². The van der Waals surface area contributed by atoms with Crippen molar-refractivity contribution in [3.8, 4) is 0 Å². The predicted octanol–water partition coefficient (Wildman–Crippen LogP) is 0.231. The van der Waals surface area contributed by atoms with E-state index >= 15 is 0 Å². The van der Waals surface area contributed by atoms with Gasteiger partial charge in [-0.3, -0.25) is 4.79 Å². The largest absolute Gasteiger partial charge is 0.353 e. The molecule has 2 rings (SSSR count). The van der Waals surface area contributed by atoms with Gasteiger partial charge >= 0.3 is 0 Å². The van der Waals surface area contributed by atoms with E-state index < -0.39 is 0 Å². The van der Waals surface area contributed by atoms with Crippen molar-refractivity contribution in [2.45, 2.75) is 32.4 Å². The molecule has 1 unspecified atom stereocenters. The zero-order valence-corrected chi connectivity index (χ0v) is 14.0. The Balaban J connectivity index is 2.10.